The van der Waals surface area contributed by atoms with E-state index in [-0.39, 0.29) is 5.25 Å². The van der Waals surface area contributed by atoms with E-state index in [9.17, 15) is 13.0 Å². The lowest BCUT2D eigenvalue weighted by molar-refractivity contribution is 0.474. The smallest absolute Gasteiger partial charge is 0.287 e. The van der Waals surface area contributed by atoms with Gasteiger partial charge in [0.1, 0.15) is 0 Å². The highest BCUT2D eigenvalue weighted by molar-refractivity contribution is 8.58. The van der Waals surface area contributed by atoms with E-state index < -0.39 is 16.7 Å². The van der Waals surface area contributed by atoms with Crippen LogP contribution in [0.4, 0.5) is 0 Å². The Morgan fingerprint density at radius 3 is 2.00 bits per heavy atom. The predicted molar refractivity (Wildman–Crippen MR) is 75.9 cm³/mol. The molecule has 0 aliphatic carbocycles. The summed E-state index contributed by atoms with van der Waals surface area (Å²) in [5.41, 5.74) is 0. The maximum atomic E-state index is 12.7. The fourth-order valence-electron chi connectivity index (χ4n) is 1.09. The minimum absolute atomic E-state index is 0.181. The van der Waals surface area contributed by atoms with Gasteiger partial charge in [0.05, 0.1) is 0 Å². The zero-order valence-electron chi connectivity index (χ0n) is 11.4. The fraction of sp³-hybridized carbons (Fsp3) is 1.00. The standard InChI is InChI=1S/C9H23N2O3PS2/c1-7-9(3)16-15(12,8-2)11(6)17(13,14)10(4)5/h9H,7-8H2,1-6H3. The van der Waals surface area contributed by atoms with E-state index >= 15 is 0 Å². The van der Waals surface area contributed by atoms with Crippen LogP contribution in [0.2, 0.25) is 0 Å². The van der Waals surface area contributed by atoms with Gasteiger partial charge >= 0.3 is 0 Å². The van der Waals surface area contributed by atoms with Crippen molar-refractivity contribution in [1.82, 2.24) is 8.38 Å². The summed E-state index contributed by atoms with van der Waals surface area (Å²) in [5, 5.41) is 0.181. The van der Waals surface area contributed by atoms with E-state index in [4.69, 9.17) is 0 Å². The summed E-state index contributed by atoms with van der Waals surface area (Å²) in [5.74, 6) is 0. The highest BCUT2D eigenvalue weighted by Crippen LogP contribution is 2.63. The molecule has 0 saturated carbocycles. The average molecular weight is 302 g/mol. The van der Waals surface area contributed by atoms with Crippen molar-refractivity contribution in [2.75, 3.05) is 27.3 Å². The molecule has 0 heterocycles. The van der Waals surface area contributed by atoms with Crippen molar-refractivity contribution in [2.24, 2.45) is 0 Å². The van der Waals surface area contributed by atoms with Gasteiger partial charge in [0, 0.05) is 32.6 Å². The van der Waals surface area contributed by atoms with Gasteiger partial charge in [-0.15, -0.1) is 4.08 Å². The van der Waals surface area contributed by atoms with Gasteiger partial charge in [-0.2, -0.15) is 12.7 Å². The molecule has 2 unspecified atom stereocenters. The highest BCUT2D eigenvalue weighted by atomic mass is 32.7. The molecular weight excluding hydrogens is 279 g/mol. The Labute approximate surface area is 109 Å². The fourth-order valence-corrected chi connectivity index (χ4v) is 9.08. The molecule has 0 aromatic heterocycles. The number of hydrogen-bond acceptors (Lipinski definition) is 4. The minimum atomic E-state index is -3.62. The topological polar surface area (TPSA) is 57.7 Å². The first-order valence-electron chi connectivity index (χ1n) is 5.56. The molecule has 0 aliphatic rings. The van der Waals surface area contributed by atoms with Crippen LogP contribution >= 0.6 is 17.9 Å². The Hall–Kier alpha value is 0.450. The first-order valence-corrected chi connectivity index (χ1v) is 10.3. The summed E-state index contributed by atoms with van der Waals surface area (Å²) in [6.07, 6.45) is 1.20. The summed E-state index contributed by atoms with van der Waals surface area (Å²) < 4.78 is 38.8. The van der Waals surface area contributed by atoms with Crippen molar-refractivity contribution in [1.29, 1.82) is 0 Å². The second kappa shape index (κ2) is 6.57. The van der Waals surface area contributed by atoms with Crippen LogP contribution in [0, 0.1) is 0 Å². The molecule has 0 amide bonds. The monoisotopic (exact) mass is 302 g/mol. The van der Waals surface area contributed by atoms with Crippen LogP contribution in [0.5, 0.6) is 0 Å². The van der Waals surface area contributed by atoms with Crippen molar-refractivity contribution in [3.63, 3.8) is 0 Å². The summed E-state index contributed by atoms with van der Waals surface area (Å²) in [4.78, 5) is 0. The predicted octanol–water partition coefficient (Wildman–Crippen LogP) is 2.47. The van der Waals surface area contributed by atoms with Crippen LogP contribution in [-0.4, -0.2) is 49.4 Å². The molecule has 0 bridgehead atoms. The minimum Gasteiger partial charge on any atom is -0.294 e. The van der Waals surface area contributed by atoms with Gasteiger partial charge in [0.2, 0.25) is 6.49 Å². The second-order valence-corrected chi connectivity index (χ2v) is 12.3. The summed E-state index contributed by atoms with van der Waals surface area (Å²) >= 11 is 1.28. The quantitative estimate of drug-likeness (QED) is 0.678. The largest absolute Gasteiger partial charge is 0.294 e. The molecule has 0 saturated heterocycles. The summed E-state index contributed by atoms with van der Waals surface area (Å²) in [7, 11) is 0.668. The van der Waals surface area contributed by atoms with Crippen LogP contribution in [0.3, 0.4) is 0 Å². The third-order valence-corrected chi connectivity index (χ3v) is 12.1. The van der Waals surface area contributed by atoms with Gasteiger partial charge in [-0.1, -0.05) is 32.2 Å². The zero-order valence-corrected chi connectivity index (χ0v) is 13.9. The van der Waals surface area contributed by atoms with Gasteiger partial charge in [-0.3, -0.25) is 4.57 Å². The van der Waals surface area contributed by atoms with Gasteiger partial charge in [-0.25, -0.2) is 0 Å². The lowest BCUT2D eigenvalue weighted by Gasteiger charge is -2.29. The third-order valence-electron chi connectivity index (χ3n) is 2.54. The SMILES string of the molecule is CCC(C)SP(=O)(CC)N(C)S(=O)(=O)N(C)C. The first-order chi connectivity index (χ1) is 7.61. The molecule has 0 fully saturated rings. The van der Waals surface area contributed by atoms with Crippen LogP contribution in [-0.2, 0) is 14.8 Å². The molecule has 0 spiro atoms. The van der Waals surface area contributed by atoms with Crippen molar-refractivity contribution < 1.29 is 13.0 Å². The van der Waals surface area contributed by atoms with Crippen molar-refractivity contribution in [3.8, 4) is 0 Å². The number of hydrogen-bond donors (Lipinski definition) is 0. The van der Waals surface area contributed by atoms with Crippen molar-refractivity contribution in [2.45, 2.75) is 32.4 Å². The zero-order chi connectivity index (χ0) is 13.9. The molecule has 0 N–H and O–H groups in total. The van der Waals surface area contributed by atoms with Crippen molar-refractivity contribution >= 4 is 28.1 Å². The lowest BCUT2D eigenvalue weighted by Crippen LogP contribution is -2.35. The Balaban J connectivity index is 5.20. The Bertz CT molecular complexity index is 384. The van der Waals surface area contributed by atoms with Crippen LogP contribution in [0.15, 0.2) is 0 Å². The highest BCUT2D eigenvalue weighted by Gasteiger charge is 2.37. The van der Waals surface area contributed by atoms with Gasteiger partial charge in [-0.05, 0) is 6.42 Å². The van der Waals surface area contributed by atoms with Gasteiger partial charge < -0.3 is 0 Å². The molecule has 17 heavy (non-hydrogen) atoms. The van der Waals surface area contributed by atoms with Crippen molar-refractivity contribution in [3.05, 3.63) is 0 Å². The molecule has 0 radical (unpaired) electrons. The Morgan fingerprint density at radius 1 is 1.24 bits per heavy atom. The van der Waals surface area contributed by atoms with E-state index in [0.29, 0.717) is 6.16 Å². The third kappa shape index (κ3) is 4.24. The van der Waals surface area contributed by atoms with Gasteiger partial charge in [0.15, 0.2) is 0 Å². The van der Waals surface area contributed by atoms with E-state index in [1.54, 1.807) is 6.92 Å². The average Bonchev–Trinajstić information content (AvgIpc) is 2.27. The number of rotatable bonds is 7. The second-order valence-electron chi connectivity index (χ2n) is 4.00. The molecule has 8 heteroatoms. The molecule has 0 rings (SSSR count). The molecule has 0 aromatic carbocycles. The van der Waals surface area contributed by atoms with Crippen LogP contribution in [0.25, 0.3) is 0 Å². The maximum Gasteiger partial charge on any atom is 0.287 e. The molecule has 104 valence electrons. The molecular formula is C9H23N2O3PS2. The van der Waals surface area contributed by atoms with Gasteiger partial charge in [0.25, 0.3) is 10.2 Å². The number of nitrogens with zero attached hydrogens (tertiary/aromatic N) is 2. The lowest BCUT2D eigenvalue weighted by atomic mass is 10.4. The molecule has 2 atom stereocenters. The normalized spacial score (nSPS) is 18.4. The maximum absolute atomic E-state index is 12.7. The first kappa shape index (κ1) is 17.4. The Kier molecular flexibility index (Phi) is 6.74. The Morgan fingerprint density at radius 2 is 1.71 bits per heavy atom. The molecule has 0 aromatic rings. The van der Waals surface area contributed by atoms with E-state index in [2.05, 4.69) is 0 Å². The summed E-state index contributed by atoms with van der Waals surface area (Å²) in [6, 6.07) is 0. The van der Waals surface area contributed by atoms with Crippen LogP contribution in [0.1, 0.15) is 27.2 Å². The van der Waals surface area contributed by atoms with E-state index in [1.165, 1.54) is 32.5 Å². The van der Waals surface area contributed by atoms with Crippen LogP contribution < -0.4 is 0 Å². The summed E-state index contributed by atoms with van der Waals surface area (Å²) in [6.45, 7) is 2.80. The van der Waals surface area contributed by atoms with E-state index in [0.717, 1.165) is 14.8 Å². The molecule has 0 aliphatic heterocycles. The molecule has 5 nitrogen and oxygen atoms in total. The van der Waals surface area contributed by atoms with E-state index in [1.807, 2.05) is 13.8 Å².